The molecule has 178 valence electrons. The van der Waals surface area contributed by atoms with Crippen LogP contribution in [0, 0.1) is 0 Å². The van der Waals surface area contributed by atoms with Crippen molar-refractivity contribution in [3.8, 4) is 17.1 Å². The predicted octanol–water partition coefficient (Wildman–Crippen LogP) is 7.48. The number of benzene rings is 4. The lowest BCUT2D eigenvalue weighted by Gasteiger charge is -2.11. The number of hydrogen-bond acceptors (Lipinski definition) is 4. The van der Waals surface area contributed by atoms with Crippen molar-refractivity contribution in [1.29, 1.82) is 0 Å². The Kier molecular flexibility index (Phi) is 7.05. The van der Waals surface area contributed by atoms with E-state index in [2.05, 4.69) is 5.10 Å². The highest BCUT2D eigenvalue weighted by Crippen LogP contribution is 2.28. The van der Waals surface area contributed by atoms with Crippen LogP contribution in [0.25, 0.3) is 22.3 Å². The Balaban J connectivity index is 1.45. The molecular formula is C28H18Cl3N3O2. The SMILES string of the molecule is O=c1c2ccccc2nc(-c2ccccc2)n1N=Cc1ccc(OCc2ccc(Cl)cc2Cl)c(Cl)c1. The molecule has 0 atom stereocenters. The zero-order chi connectivity index (χ0) is 25.1. The third-order valence-corrected chi connectivity index (χ3v) is 6.34. The van der Waals surface area contributed by atoms with Gasteiger partial charge in [-0.3, -0.25) is 4.79 Å². The van der Waals surface area contributed by atoms with Crippen LogP contribution in [0.5, 0.6) is 5.75 Å². The van der Waals surface area contributed by atoms with Gasteiger partial charge in [0, 0.05) is 21.2 Å². The van der Waals surface area contributed by atoms with Crippen LogP contribution in [-0.2, 0) is 6.61 Å². The number of halogens is 3. The zero-order valence-corrected chi connectivity index (χ0v) is 21.0. The molecule has 1 heterocycles. The standard InChI is InChI=1S/C28H18Cl3N3O2/c29-21-12-11-20(23(30)15-21)17-36-26-13-10-18(14-24(26)31)16-32-34-27(19-6-2-1-3-7-19)33-25-9-5-4-8-22(25)28(34)35/h1-16H,17H2. The molecule has 5 rings (SSSR count). The summed E-state index contributed by atoms with van der Waals surface area (Å²) >= 11 is 18.6. The Labute approximate surface area is 222 Å². The molecule has 0 spiro atoms. The van der Waals surface area contributed by atoms with E-state index in [1.54, 1.807) is 54.7 Å². The fraction of sp³-hybridized carbons (Fsp3) is 0.0357. The van der Waals surface area contributed by atoms with Crippen LogP contribution < -0.4 is 10.3 Å². The maximum absolute atomic E-state index is 13.3. The molecule has 0 amide bonds. The highest BCUT2D eigenvalue weighted by Gasteiger charge is 2.12. The van der Waals surface area contributed by atoms with Crippen LogP contribution in [0.4, 0.5) is 0 Å². The maximum atomic E-state index is 13.3. The number of rotatable bonds is 6. The molecule has 0 saturated heterocycles. The van der Waals surface area contributed by atoms with Crippen LogP contribution >= 0.6 is 34.8 Å². The summed E-state index contributed by atoms with van der Waals surface area (Å²) in [4.78, 5) is 18.0. The Morgan fingerprint density at radius 1 is 0.861 bits per heavy atom. The van der Waals surface area contributed by atoms with Gasteiger partial charge in [0.05, 0.1) is 22.1 Å². The molecule has 1 aromatic heterocycles. The van der Waals surface area contributed by atoms with E-state index in [4.69, 9.17) is 44.5 Å². The second-order valence-electron chi connectivity index (χ2n) is 7.89. The monoisotopic (exact) mass is 533 g/mol. The lowest BCUT2D eigenvalue weighted by atomic mass is 10.2. The normalized spacial score (nSPS) is 11.3. The summed E-state index contributed by atoms with van der Waals surface area (Å²) in [6, 6.07) is 27.1. The van der Waals surface area contributed by atoms with Crippen molar-refractivity contribution in [2.45, 2.75) is 6.61 Å². The lowest BCUT2D eigenvalue weighted by molar-refractivity contribution is 0.306. The van der Waals surface area contributed by atoms with Gasteiger partial charge in [0.2, 0.25) is 0 Å². The number of nitrogens with zero attached hydrogens (tertiary/aromatic N) is 3. The summed E-state index contributed by atoms with van der Waals surface area (Å²) in [5, 5.41) is 6.43. The van der Waals surface area contributed by atoms with Crippen molar-refractivity contribution in [2.24, 2.45) is 5.10 Å². The van der Waals surface area contributed by atoms with Crippen LogP contribution in [0.3, 0.4) is 0 Å². The minimum Gasteiger partial charge on any atom is -0.487 e. The molecule has 0 N–H and O–H groups in total. The van der Waals surface area contributed by atoms with E-state index in [-0.39, 0.29) is 12.2 Å². The summed E-state index contributed by atoms with van der Waals surface area (Å²) in [6.07, 6.45) is 1.57. The minimum absolute atomic E-state index is 0.238. The Morgan fingerprint density at radius 2 is 1.64 bits per heavy atom. The van der Waals surface area contributed by atoms with Gasteiger partial charge in [0.1, 0.15) is 12.4 Å². The second-order valence-corrected chi connectivity index (χ2v) is 9.15. The second kappa shape index (κ2) is 10.5. The molecule has 5 aromatic rings. The molecule has 0 aliphatic rings. The third kappa shape index (κ3) is 5.14. The summed E-state index contributed by atoms with van der Waals surface area (Å²) in [6.45, 7) is 0.238. The van der Waals surface area contributed by atoms with E-state index in [1.807, 2.05) is 42.5 Å². The number of fused-ring (bicyclic) bond motifs is 1. The Bertz CT molecular complexity index is 1650. The topological polar surface area (TPSA) is 56.5 Å². The van der Waals surface area contributed by atoms with E-state index in [0.29, 0.717) is 43.1 Å². The quantitative estimate of drug-likeness (QED) is 0.212. The number of ether oxygens (including phenoxy) is 1. The van der Waals surface area contributed by atoms with Crippen LogP contribution in [0.2, 0.25) is 15.1 Å². The highest BCUT2D eigenvalue weighted by molar-refractivity contribution is 6.35. The largest absolute Gasteiger partial charge is 0.487 e. The first-order valence-electron chi connectivity index (χ1n) is 11.0. The average Bonchev–Trinajstić information content (AvgIpc) is 2.89. The average molecular weight is 535 g/mol. The van der Waals surface area contributed by atoms with Crippen LogP contribution in [-0.4, -0.2) is 15.9 Å². The molecule has 0 aliphatic carbocycles. The fourth-order valence-corrected chi connectivity index (χ4v) is 4.34. The molecule has 0 unspecified atom stereocenters. The van der Waals surface area contributed by atoms with Gasteiger partial charge in [-0.25, -0.2) is 4.98 Å². The third-order valence-electron chi connectivity index (χ3n) is 5.46. The summed E-state index contributed by atoms with van der Waals surface area (Å²) in [5.74, 6) is 0.941. The molecule has 0 aliphatic heterocycles. The van der Waals surface area contributed by atoms with Gasteiger partial charge in [-0.2, -0.15) is 9.78 Å². The maximum Gasteiger partial charge on any atom is 0.282 e. The summed E-state index contributed by atoms with van der Waals surface area (Å²) in [5.41, 5.74) is 2.61. The summed E-state index contributed by atoms with van der Waals surface area (Å²) in [7, 11) is 0. The van der Waals surface area contributed by atoms with E-state index < -0.39 is 0 Å². The lowest BCUT2D eigenvalue weighted by Crippen LogP contribution is -2.20. The molecule has 36 heavy (non-hydrogen) atoms. The van der Waals surface area contributed by atoms with Gasteiger partial charge in [-0.15, -0.1) is 0 Å². The van der Waals surface area contributed by atoms with Crippen molar-refractivity contribution in [3.05, 3.63) is 128 Å². The Morgan fingerprint density at radius 3 is 2.42 bits per heavy atom. The zero-order valence-electron chi connectivity index (χ0n) is 18.7. The van der Waals surface area contributed by atoms with E-state index >= 15 is 0 Å². The van der Waals surface area contributed by atoms with E-state index in [9.17, 15) is 4.79 Å². The molecule has 8 heteroatoms. The molecule has 0 fully saturated rings. The fourth-order valence-electron chi connectivity index (χ4n) is 3.64. The van der Waals surface area contributed by atoms with Crippen molar-refractivity contribution in [1.82, 2.24) is 9.66 Å². The van der Waals surface area contributed by atoms with Gasteiger partial charge >= 0.3 is 0 Å². The van der Waals surface area contributed by atoms with Gasteiger partial charge in [-0.05, 0) is 48.0 Å². The molecule has 0 bridgehead atoms. The number of hydrogen-bond donors (Lipinski definition) is 0. The number of para-hydroxylation sites is 1. The van der Waals surface area contributed by atoms with Crippen molar-refractivity contribution < 1.29 is 4.74 Å². The molecular weight excluding hydrogens is 517 g/mol. The Hall–Kier alpha value is -3.64. The first-order chi connectivity index (χ1) is 17.5. The minimum atomic E-state index is -0.262. The van der Waals surface area contributed by atoms with E-state index in [0.717, 1.165) is 11.1 Å². The van der Waals surface area contributed by atoms with Gasteiger partial charge in [0.15, 0.2) is 5.82 Å². The van der Waals surface area contributed by atoms with Crippen LogP contribution in [0.1, 0.15) is 11.1 Å². The number of aromatic nitrogens is 2. The van der Waals surface area contributed by atoms with Crippen molar-refractivity contribution >= 4 is 51.9 Å². The van der Waals surface area contributed by atoms with Crippen molar-refractivity contribution in [3.63, 3.8) is 0 Å². The van der Waals surface area contributed by atoms with Crippen LogP contribution in [0.15, 0.2) is 101 Å². The highest BCUT2D eigenvalue weighted by atomic mass is 35.5. The van der Waals surface area contributed by atoms with Gasteiger partial charge < -0.3 is 4.74 Å². The predicted molar refractivity (Wildman–Crippen MR) is 147 cm³/mol. The molecule has 0 radical (unpaired) electrons. The molecule has 4 aromatic carbocycles. The molecule has 5 nitrogen and oxygen atoms in total. The first-order valence-corrected chi connectivity index (χ1v) is 12.1. The molecule has 0 saturated carbocycles. The van der Waals surface area contributed by atoms with E-state index in [1.165, 1.54) is 4.68 Å². The van der Waals surface area contributed by atoms with Gasteiger partial charge in [-0.1, -0.05) is 83.3 Å². The van der Waals surface area contributed by atoms with Gasteiger partial charge in [0.25, 0.3) is 5.56 Å². The first kappa shape index (κ1) is 24.1. The van der Waals surface area contributed by atoms with Crippen molar-refractivity contribution in [2.75, 3.05) is 0 Å². The smallest absolute Gasteiger partial charge is 0.282 e. The summed E-state index contributed by atoms with van der Waals surface area (Å²) < 4.78 is 7.14.